The van der Waals surface area contributed by atoms with Gasteiger partial charge in [0.2, 0.25) is 0 Å². The van der Waals surface area contributed by atoms with Crippen LogP contribution >= 0.6 is 0 Å². The molecule has 0 radical (unpaired) electrons. The summed E-state index contributed by atoms with van der Waals surface area (Å²) in [6.45, 7) is 6.40. The fourth-order valence-corrected chi connectivity index (χ4v) is 2.84. The van der Waals surface area contributed by atoms with Crippen LogP contribution in [0.5, 0.6) is 5.75 Å². The van der Waals surface area contributed by atoms with Gasteiger partial charge in [-0.1, -0.05) is 69.3 Å². The molecule has 3 aromatic rings. The van der Waals surface area contributed by atoms with Crippen molar-refractivity contribution in [2.24, 2.45) is 0 Å². The predicted molar refractivity (Wildman–Crippen MR) is 107 cm³/mol. The van der Waals surface area contributed by atoms with Gasteiger partial charge in [-0.25, -0.2) is 0 Å². The number of hydrogen-bond acceptors (Lipinski definition) is 3. The van der Waals surface area contributed by atoms with Crippen LogP contribution in [0, 0.1) is 0 Å². The first-order valence-electron chi connectivity index (χ1n) is 8.85. The van der Waals surface area contributed by atoms with Crippen LogP contribution in [-0.2, 0) is 5.41 Å². The minimum absolute atomic E-state index is 0.0395. The first-order chi connectivity index (χ1) is 12.8. The van der Waals surface area contributed by atoms with Crippen molar-refractivity contribution in [3.8, 4) is 5.75 Å². The maximum absolute atomic E-state index is 12.7. The van der Waals surface area contributed by atoms with E-state index < -0.39 is 0 Å². The van der Waals surface area contributed by atoms with Gasteiger partial charge in [-0.2, -0.15) is 0 Å². The minimum Gasteiger partial charge on any atom is -0.508 e. The van der Waals surface area contributed by atoms with E-state index in [1.54, 1.807) is 36.4 Å². The molecule has 3 nitrogen and oxygen atoms in total. The van der Waals surface area contributed by atoms with Crippen molar-refractivity contribution in [3.63, 3.8) is 0 Å². The Kier molecular flexibility index (Phi) is 4.95. The van der Waals surface area contributed by atoms with E-state index in [0.717, 1.165) is 0 Å². The second-order valence-electron chi connectivity index (χ2n) is 7.61. The molecular formula is C24H22O3. The van der Waals surface area contributed by atoms with Crippen molar-refractivity contribution in [1.82, 2.24) is 0 Å². The first-order valence-corrected chi connectivity index (χ1v) is 8.85. The van der Waals surface area contributed by atoms with E-state index in [4.69, 9.17) is 0 Å². The third-order valence-electron chi connectivity index (χ3n) is 4.55. The van der Waals surface area contributed by atoms with Crippen LogP contribution in [-0.4, -0.2) is 16.7 Å². The lowest BCUT2D eigenvalue weighted by atomic mass is 9.86. The third kappa shape index (κ3) is 4.14. The molecule has 3 heteroatoms. The van der Waals surface area contributed by atoms with E-state index in [-0.39, 0.29) is 22.7 Å². The molecule has 136 valence electrons. The average Bonchev–Trinajstić information content (AvgIpc) is 2.67. The summed E-state index contributed by atoms with van der Waals surface area (Å²) in [5.74, 6) is -0.104. The summed E-state index contributed by atoms with van der Waals surface area (Å²) in [6, 6.07) is 20.4. The smallest absolute Gasteiger partial charge is 0.193 e. The largest absolute Gasteiger partial charge is 0.508 e. The second-order valence-corrected chi connectivity index (χ2v) is 7.61. The first kappa shape index (κ1) is 18.6. The molecule has 0 saturated heterocycles. The van der Waals surface area contributed by atoms with E-state index >= 15 is 0 Å². The number of aromatic hydroxyl groups is 1. The number of hydrogen-bond donors (Lipinski definition) is 1. The highest BCUT2D eigenvalue weighted by molar-refractivity contribution is 6.11. The lowest BCUT2D eigenvalue weighted by Crippen LogP contribution is -2.11. The molecule has 3 rings (SSSR count). The Morgan fingerprint density at radius 1 is 0.593 bits per heavy atom. The molecule has 0 spiro atoms. The molecule has 0 fully saturated rings. The monoisotopic (exact) mass is 358 g/mol. The standard InChI is InChI=1S/C24H22O3/c1-24(2,3)20-12-8-18(9-13-20)22(26)16-4-6-17(7-5-16)23(27)19-10-14-21(25)15-11-19/h4-15,25H,1-3H3. The Bertz CT molecular complexity index is 958. The molecule has 0 amide bonds. The van der Waals surface area contributed by atoms with Gasteiger partial charge in [0.05, 0.1) is 0 Å². The molecule has 0 bridgehead atoms. The number of carbonyl (C=O) groups is 2. The van der Waals surface area contributed by atoms with Gasteiger partial charge in [0.25, 0.3) is 0 Å². The van der Waals surface area contributed by atoms with Crippen LogP contribution in [0.25, 0.3) is 0 Å². The summed E-state index contributed by atoms with van der Waals surface area (Å²) < 4.78 is 0. The summed E-state index contributed by atoms with van der Waals surface area (Å²) in [5, 5.41) is 9.33. The maximum atomic E-state index is 12.7. The molecule has 0 saturated carbocycles. The SMILES string of the molecule is CC(C)(C)c1ccc(C(=O)c2ccc(C(=O)c3ccc(O)cc3)cc2)cc1. The van der Waals surface area contributed by atoms with Crippen molar-refractivity contribution in [3.05, 3.63) is 101 Å². The van der Waals surface area contributed by atoms with Crippen molar-refractivity contribution in [2.45, 2.75) is 26.2 Å². The summed E-state index contributed by atoms with van der Waals surface area (Å²) in [7, 11) is 0. The van der Waals surface area contributed by atoms with E-state index in [1.165, 1.54) is 17.7 Å². The van der Waals surface area contributed by atoms with Crippen LogP contribution in [0.4, 0.5) is 0 Å². The lowest BCUT2D eigenvalue weighted by Gasteiger charge is -2.19. The van der Waals surface area contributed by atoms with Crippen molar-refractivity contribution in [1.29, 1.82) is 0 Å². The van der Waals surface area contributed by atoms with Gasteiger partial charge in [0.1, 0.15) is 5.75 Å². The van der Waals surface area contributed by atoms with E-state index in [0.29, 0.717) is 22.3 Å². The zero-order valence-corrected chi connectivity index (χ0v) is 15.7. The number of rotatable bonds is 4. The molecule has 0 unspecified atom stereocenters. The van der Waals surface area contributed by atoms with Gasteiger partial charge in [0, 0.05) is 22.3 Å². The van der Waals surface area contributed by atoms with Crippen molar-refractivity contribution < 1.29 is 14.7 Å². The fraction of sp³-hybridized carbons (Fsp3) is 0.167. The zero-order chi connectivity index (χ0) is 19.6. The molecule has 0 aliphatic carbocycles. The molecule has 0 atom stereocenters. The molecule has 0 aromatic heterocycles. The Morgan fingerprint density at radius 2 is 0.889 bits per heavy atom. The molecule has 27 heavy (non-hydrogen) atoms. The van der Waals surface area contributed by atoms with E-state index in [9.17, 15) is 14.7 Å². The second kappa shape index (κ2) is 7.20. The molecule has 0 aliphatic heterocycles. The highest BCUT2D eigenvalue weighted by atomic mass is 16.3. The Hall–Kier alpha value is -3.20. The van der Waals surface area contributed by atoms with Crippen molar-refractivity contribution in [2.75, 3.05) is 0 Å². The van der Waals surface area contributed by atoms with Crippen LogP contribution in [0.2, 0.25) is 0 Å². The van der Waals surface area contributed by atoms with Gasteiger partial charge >= 0.3 is 0 Å². The van der Waals surface area contributed by atoms with Crippen LogP contribution in [0.3, 0.4) is 0 Å². The number of benzene rings is 3. The fourth-order valence-electron chi connectivity index (χ4n) is 2.84. The normalized spacial score (nSPS) is 11.2. The van der Waals surface area contributed by atoms with Crippen LogP contribution in [0.15, 0.2) is 72.8 Å². The van der Waals surface area contributed by atoms with Crippen LogP contribution < -0.4 is 0 Å². The summed E-state index contributed by atoms with van der Waals surface area (Å²) >= 11 is 0. The van der Waals surface area contributed by atoms with Gasteiger partial charge in [0.15, 0.2) is 11.6 Å². The Labute approximate surface area is 159 Å². The van der Waals surface area contributed by atoms with Crippen LogP contribution in [0.1, 0.15) is 58.2 Å². The summed E-state index contributed by atoms with van der Waals surface area (Å²) in [4.78, 5) is 25.2. The predicted octanol–water partition coefficient (Wildman–Crippen LogP) is 5.15. The molecule has 0 aliphatic rings. The van der Waals surface area contributed by atoms with Crippen molar-refractivity contribution >= 4 is 11.6 Å². The summed E-state index contributed by atoms with van der Waals surface area (Å²) in [6.07, 6.45) is 0. The number of phenolic OH excluding ortho intramolecular Hbond substituents is 1. The van der Waals surface area contributed by atoms with Gasteiger partial charge < -0.3 is 5.11 Å². The van der Waals surface area contributed by atoms with Gasteiger partial charge in [-0.05, 0) is 35.2 Å². The third-order valence-corrected chi connectivity index (χ3v) is 4.55. The lowest BCUT2D eigenvalue weighted by molar-refractivity contribution is 0.102. The van der Waals surface area contributed by atoms with E-state index in [1.807, 2.05) is 24.3 Å². The minimum atomic E-state index is -0.150. The molecule has 3 aromatic carbocycles. The van der Waals surface area contributed by atoms with Gasteiger partial charge in [-0.3, -0.25) is 9.59 Å². The number of phenols is 1. The highest BCUT2D eigenvalue weighted by Gasteiger charge is 2.16. The molecule has 1 N–H and O–H groups in total. The van der Waals surface area contributed by atoms with E-state index in [2.05, 4.69) is 20.8 Å². The number of carbonyl (C=O) groups excluding carboxylic acids is 2. The quantitative estimate of drug-likeness (QED) is 0.656. The molecular weight excluding hydrogens is 336 g/mol. The van der Waals surface area contributed by atoms with Gasteiger partial charge in [-0.15, -0.1) is 0 Å². The maximum Gasteiger partial charge on any atom is 0.193 e. The molecule has 0 heterocycles. The zero-order valence-electron chi connectivity index (χ0n) is 15.7. The average molecular weight is 358 g/mol. The Balaban J connectivity index is 1.79. The number of ketones is 2. The Morgan fingerprint density at radius 3 is 1.22 bits per heavy atom. The topological polar surface area (TPSA) is 54.4 Å². The summed E-state index contributed by atoms with van der Waals surface area (Å²) in [5.41, 5.74) is 3.37. The highest BCUT2D eigenvalue weighted by Crippen LogP contribution is 2.23.